The third-order valence-corrected chi connectivity index (χ3v) is 7.62. The first kappa shape index (κ1) is 26.7. The molecule has 36 heavy (non-hydrogen) atoms. The Kier molecular flexibility index (Phi) is 8.46. The van der Waals surface area contributed by atoms with Crippen molar-refractivity contribution in [3.8, 4) is 0 Å². The predicted molar refractivity (Wildman–Crippen MR) is 147 cm³/mol. The molecule has 2 fully saturated rings. The Balaban J connectivity index is 1.55. The van der Waals surface area contributed by atoms with Crippen molar-refractivity contribution in [2.75, 3.05) is 31.1 Å². The van der Waals surface area contributed by atoms with Crippen LogP contribution in [-0.2, 0) is 11.2 Å². The van der Waals surface area contributed by atoms with E-state index in [-0.39, 0.29) is 18.2 Å². The number of nitrogens with zero attached hydrogens (tertiary/aromatic N) is 4. The highest BCUT2D eigenvalue weighted by atomic mass is 35.5. The number of piperidine rings is 1. The van der Waals surface area contributed by atoms with Crippen LogP contribution in [0.5, 0.6) is 0 Å². The number of benzene rings is 1. The second-order valence-corrected chi connectivity index (χ2v) is 12.0. The van der Waals surface area contributed by atoms with E-state index in [1.54, 1.807) is 0 Å². The van der Waals surface area contributed by atoms with Gasteiger partial charge >= 0.3 is 6.09 Å². The summed E-state index contributed by atoms with van der Waals surface area (Å²) in [5, 5.41) is 0.747. The fourth-order valence-corrected chi connectivity index (χ4v) is 5.65. The molecule has 0 unspecified atom stereocenters. The summed E-state index contributed by atoms with van der Waals surface area (Å²) in [5.74, 6) is 1.40. The summed E-state index contributed by atoms with van der Waals surface area (Å²) < 4.78 is 5.85. The molecule has 0 saturated carbocycles. The number of carbonyl (C=O) groups excluding carboxylic acids is 1. The van der Waals surface area contributed by atoms with Crippen LogP contribution >= 0.6 is 11.6 Å². The first-order chi connectivity index (χ1) is 17.1. The van der Waals surface area contributed by atoms with Crippen molar-refractivity contribution in [1.82, 2.24) is 14.8 Å². The van der Waals surface area contributed by atoms with Crippen LogP contribution in [0.3, 0.4) is 0 Å². The van der Waals surface area contributed by atoms with Crippen molar-refractivity contribution in [3.05, 3.63) is 59.2 Å². The number of amides is 1. The molecule has 4 rings (SSSR count). The van der Waals surface area contributed by atoms with Crippen LogP contribution in [0.25, 0.3) is 0 Å². The van der Waals surface area contributed by atoms with Crippen molar-refractivity contribution in [1.29, 1.82) is 0 Å². The lowest BCUT2D eigenvalue weighted by Gasteiger charge is -2.52. The molecule has 196 valence electrons. The number of halogens is 1. The lowest BCUT2D eigenvalue weighted by atomic mass is 9.90. The lowest BCUT2D eigenvalue weighted by molar-refractivity contribution is -0.0392. The molecule has 0 aliphatic carbocycles. The zero-order valence-corrected chi connectivity index (χ0v) is 23.1. The average Bonchev–Trinajstić information content (AvgIpc) is 2.84. The molecule has 0 radical (unpaired) electrons. The topological polar surface area (TPSA) is 48.9 Å². The third-order valence-electron chi connectivity index (χ3n) is 7.36. The molecule has 0 spiro atoms. The van der Waals surface area contributed by atoms with E-state index < -0.39 is 5.60 Å². The van der Waals surface area contributed by atoms with Crippen molar-refractivity contribution in [2.45, 2.75) is 77.6 Å². The SMILES string of the molecule is CC(C)[C@H]1CN(C2CCN(c3ccccn3)CC2)[C@@H](Cc2ccc(Cl)cc2)CN1C(=O)OC(C)(C)C. The van der Waals surface area contributed by atoms with E-state index >= 15 is 0 Å². The number of ether oxygens (including phenoxy) is 1. The number of aromatic nitrogens is 1. The number of hydrogen-bond acceptors (Lipinski definition) is 5. The van der Waals surface area contributed by atoms with Gasteiger partial charge in [-0.1, -0.05) is 43.6 Å². The predicted octanol–water partition coefficient (Wildman–Crippen LogP) is 5.89. The molecule has 0 N–H and O–H groups in total. The maximum Gasteiger partial charge on any atom is 0.410 e. The third kappa shape index (κ3) is 6.71. The van der Waals surface area contributed by atoms with Crippen molar-refractivity contribution in [2.24, 2.45) is 5.92 Å². The standard InChI is InChI=1S/C29H41ClN4O2/c1-21(2)26-20-33(24-13-16-32(17-14-24)27-8-6-7-15-31-27)25(18-22-9-11-23(30)12-10-22)19-34(26)28(35)36-29(3,4)5/h6-12,15,21,24-26H,13-14,16-20H2,1-5H3/t25-,26+/m0/s1. The Labute approximate surface area is 221 Å². The van der Waals surface area contributed by atoms with Crippen LogP contribution < -0.4 is 4.90 Å². The molecule has 3 heterocycles. The molecular formula is C29H41ClN4O2. The summed E-state index contributed by atoms with van der Waals surface area (Å²) in [6.45, 7) is 13.8. The lowest BCUT2D eigenvalue weighted by Crippen LogP contribution is -2.65. The van der Waals surface area contributed by atoms with E-state index in [2.05, 4.69) is 52.9 Å². The summed E-state index contributed by atoms with van der Waals surface area (Å²) in [6.07, 6.45) is 4.72. The summed E-state index contributed by atoms with van der Waals surface area (Å²) in [7, 11) is 0. The minimum atomic E-state index is -0.514. The first-order valence-corrected chi connectivity index (χ1v) is 13.6. The van der Waals surface area contributed by atoms with E-state index in [4.69, 9.17) is 16.3 Å². The molecule has 2 aliphatic rings. The normalized spacial score (nSPS) is 22.2. The molecule has 2 atom stereocenters. The van der Waals surface area contributed by atoms with Gasteiger partial charge in [-0.15, -0.1) is 0 Å². The molecular weight excluding hydrogens is 472 g/mol. The van der Waals surface area contributed by atoms with Crippen molar-refractivity contribution in [3.63, 3.8) is 0 Å². The van der Waals surface area contributed by atoms with E-state index in [0.29, 0.717) is 18.5 Å². The van der Waals surface area contributed by atoms with E-state index in [9.17, 15) is 4.79 Å². The van der Waals surface area contributed by atoms with Crippen LogP contribution in [0, 0.1) is 5.92 Å². The maximum atomic E-state index is 13.3. The number of rotatable bonds is 5. The minimum Gasteiger partial charge on any atom is -0.444 e. The highest BCUT2D eigenvalue weighted by molar-refractivity contribution is 6.30. The zero-order chi connectivity index (χ0) is 25.9. The Morgan fingerprint density at radius 2 is 1.78 bits per heavy atom. The van der Waals surface area contributed by atoms with Gasteiger partial charge in [0.1, 0.15) is 11.4 Å². The molecule has 6 nitrogen and oxygen atoms in total. The summed E-state index contributed by atoms with van der Waals surface area (Å²) in [4.78, 5) is 24.9. The zero-order valence-electron chi connectivity index (χ0n) is 22.4. The molecule has 2 aliphatic heterocycles. The molecule has 1 amide bonds. The van der Waals surface area contributed by atoms with E-state index in [1.807, 2.05) is 50.1 Å². The fraction of sp³-hybridized carbons (Fsp3) is 0.586. The highest BCUT2D eigenvalue weighted by Gasteiger charge is 2.42. The molecule has 1 aromatic carbocycles. The minimum absolute atomic E-state index is 0.120. The molecule has 0 bridgehead atoms. The van der Waals surface area contributed by atoms with Crippen LogP contribution in [0.2, 0.25) is 5.02 Å². The Hall–Kier alpha value is -2.31. The molecule has 1 aromatic heterocycles. The second-order valence-electron chi connectivity index (χ2n) is 11.5. The summed E-state index contributed by atoms with van der Waals surface area (Å²) in [5.41, 5.74) is 0.729. The van der Waals surface area contributed by atoms with Gasteiger partial charge in [-0.2, -0.15) is 0 Å². The van der Waals surface area contributed by atoms with Crippen LogP contribution in [-0.4, -0.2) is 70.8 Å². The molecule has 2 aromatic rings. The Bertz CT molecular complexity index is 985. The van der Waals surface area contributed by atoms with Gasteiger partial charge in [0.05, 0.1) is 6.04 Å². The number of hydrogen-bond donors (Lipinski definition) is 0. The smallest absolute Gasteiger partial charge is 0.410 e. The first-order valence-electron chi connectivity index (χ1n) is 13.3. The molecule has 7 heteroatoms. The molecule has 2 saturated heterocycles. The average molecular weight is 513 g/mol. The highest BCUT2D eigenvalue weighted by Crippen LogP contribution is 2.31. The second kappa shape index (κ2) is 11.4. The van der Waals surface area contributed by atoms with Crippen LogP contribution in [0.4, 0.5) is 10.6 Å². The van der Waals surface area contributed by atoms with Gasteiger partial charge in [-0.05, 0) is 75.8 Å². The van der Waals surface area contributed by atoms with Gasteiger partial charge in [0.2, 0.25) is 0 Å². The number of carbonyl (C=O) groups is 1. The number of pyridine rings is 1. The number of anilines is 1. The van der Waals surface area contributed by atoms with Crippen molar-refractivity contribution >= 4 is 23.5 Å². The van der Waals surface area contributed by atoms with Crippen molar-refractivity contribution < 1.29 is 9.53 Å². The van der Waals surface area contributed by atoms with Gasteiger partial charge < -0.3 is 14.5 Å². The van der Waals surface area contributed by atoms with Gasteiger partial charge in [-0.3, -0.25) is 4.90 Å². The Morgan fingerprint density at radius 3 is 2.36 bits per heavy atom. The van der Waals surface area contributed by atoms with Gasteiger partial charge in [0, 0.05) is 49.5 Å². The van der Waals surface area contributed by atoms with E-state index in [1.165, 1.54) is 5.56 Å². The summed E-state index contributed by atoms with van der Waals surface area (Å²) >= 11 is 6.16. The largest absolute Gasteiger partial charge is 0.444 e. The fourth-order valence-electron chi connectivity index (χ4n) is 5.52. The quantitative estimate of drug-likeness (QED) is 0.499. The van der Waals surface area contributed by atoms with Gasteiger partial charge in [0.25, 0.3) is 0 Å². The van der Waals surface area contributed by atoms with Gasteiger partial charge in [0.15, 0.2) is 0 Å². The van der Waals surface area contributed by atoms with E-state index in [0.717, 1.165) is 49.7 Å². The maximum absolute atomic E-state index is 13.3. The summed E-state index contributed by atoms with van der Waals surface area (Å²) in [6, 6.07) is 15.1. The van der Waals surface area contributed by atoms with Gasteiger partial charge in [-0.25, -0.2) is 9.78 Å². The monoisotopic (exact) mass is 512 g/mol. The van der Waals surface area contributed by atoms with Crippen LogP contribution in [0.15, 0.2) is 48.7 Å². The number of piperazine rings is 1. The Morgan fingerprint density at radius 1 is 1.08 bits per heavy atom. The van der Waals surface area contributed by atoms with Crippen LogP contribution in [0.1, 0.15) is 53.0 Å².